The summed E-state index contributed by atoms with van der Waals surface area (Å²) >= 11 is 0. The van der Waals surface area contributed by atoms with Crippen LogP contribution in [0.4, 0.5) is 0 Å². The molecule has 0 fully saturated rings. The number of rotatable bonds is 10. The zero-order valence-corrected chi connectivity index (χ0v) is 19.4. The highest BCUT2D eigenvalue weighted by Crippen LogP contribution is 2.34. The molecule has 30 heavy (non-hydrogen) atoms. The molecule has 2 aromatic carbocycles. The van der Waals surface area contributed by atoms with Crippen molar-refractivity contribution < 1.29 is 19.1 Å². The zero-order valence-electron chi connectivity index (χ0n) is 18.6. The molecule has 166 valence electrons. The van der Waals surface area contributed by atoms with Crippen LogP contribution in [0.3, 0.4) is 0 Å². The highest BCUT2D eigenvalue weighted by molar-refractivity contribution is 5.89. The van der Waals surface area contributed by atoms with Crippen LogP contribution in [0.2, 0.25) is 0 Å². The van der Waals surface area contributed by atoms with E-state index in [9.17, 15) is 9.59 Å². The van der Waals surface area contributed by atoms with E-state index in [2.05, 4.69) is 24.4 Å². The van der Waals surface area contributed by atoms with Gasteiger partial charge in [0.1, 0.15) is 0 Å². The van der Waals surface area contributed by atoms with Crippen molar-refractivity contribution in [2.75, 3.05) is 13.1 Å². The van der Waals surface area contributed by atoms with Crippen molar-refractivity contribution in [1.29, 1.82) is 0 Å². The van der Waals surface area contributed by atoms with E-state index < -0.39 is 0 Å². The van der Waals surface area contributed by atoms with Gasteiger partial charge in [0.2, 0.25) is 0 Å². The van der Waals surface area contributed by atoms with E-state index in [0.29, 0.717) is 0 Å². The number of unbranched alkanes of at least 4 members (excludes halogenated alkanes) is 1. The Kier molecular flexibility index (Phi) is 10.8. The molecule has 2 rings (SSSR count). The number of fused-ring (bicyclic) bond motifs is 1. The van der Waals surface area contributed by atoms with Gasteiger partial charge in [-0.1, -0.05) is 59.2 Å². The molecule has 0 saturated carbocycles. The van der Waals surface area contributed by atoms with Crippen molar-refractivity contribution in [3.05, 3.63) is 35.9 Å². The molecular formula is C24H34ClNO4. The lowest BCUT2D eigenvalue weighted by Gasteiger charge is -2.14. The molecule has 0 aromatic heterocycles. The Labute approximate surface area is 185 Å². The topological polar surface area (TPSA) is 64.6 Å². The quantitative estimate of drug-likeness (QED) is 0.311. The molecule has 0 heterocycles. The molecule has 0 aliphatic carbocycles. The number of ether oxygens (including phenoxy) is 2. The van der Waals surface area contributed by atoms with Crippen LogP contribution in [0.5, 0.6) is 11.5 Å². The number of hydrogen-bond donors (Lipinski definition) is 1. The lowest BCUT2D eigenvalue weighted by molar-refractivity contribution is -0.140. The number of carbonyl (C=O) groups is 2. The minimum Gasteiger partial charge on any atom is -0.422 e. The summed E-state index contributed by atoms with van der Waals surface area (Å²) in [6.45, 7) is 11.2. The molecular weight excluding hydrogens is 402 g/mol. The summed E-state index contributed by atoms with van der Waals surface area (Å²) in [5, 5.41) is 5.33. The maximum absolute atomic E-state index is 12.1. The second-order valence-corrected chi connectivity index (χ2v) is 7.99. The van der Waals surface area contributed by atoms with Crippen LogP contribution in [0.15, 0.2) is 30.3 Å². The molecule has 6 heteroatoms. The summed E-state index contributed by atoms with van der Waals surface area (Å²) in [5.74, 6) is -0.715. The summed E-state index contributed by atoms with van der Waals surface area (Å²) in [7, 11) is 0. The first-order valence-corrected chi connectivity index (χ1v) is 10.5. The molecule has 2 aromatic rings. The molecule has 0 bridgehead atoms. The Morgan fingerprint density at radius 3 is 1.97 bits per heavy atom. The van der Waals surface area contributed by atoms with Gasteiger partial charge < -0.3 is 14.8 Å². The van der Waals surface area contributed by atoms with Crippen molar-refractivity contribution in [3.8, 4) is 11.5 Å². The second-order valence-electron chi connectivity index (χ2n) is 7.99. The first-order valence-electron chi connectivity index (χ1n) is 10.5. The molecule has 0 aliphatic heterocycles. The third-order valence-corrected chi connectivity index (χ3v) is 4.63. The third kappa shape index (κ3) is 7.62. The number of hydrogen-bond acceptors (Lipinski definition) is 5. The summed E-state index contributed by atoms with van der Waals surface area (Å²) in [6.07, 6.45) is 3.29. The van der Waals surface area contributed by atoms with Gasteiger partial charge in [-0.05, 0) is 54.4 Å². The Balaban J connectivity index is 0.00000450. The molecule has 0 atom stereocenters. The van der Waals surface area contributed by atoms with Crippen molar-refractivity contribution >= 4 is 35.1 Å². The van der Waals surface area contributed by atoms with Crippen LogP contribution in [0, 0.1) is 11.8 Å². The van der Waals surface area contributed by atoms with Crippen LogP contribution in [0.25, 0.3) is 10.8 Å². The largest absolute Gasteiger partial charge is 0.422 e. The second kappa shape index (κ2) is 12.6. The van der Waals surface area contributed by atoms with Gasteiger partial charge in [0.05, 0.1) is 11.8 Å². The fourth-order valence-corrected chi connectivity index (χ4v) is 2.73. The molecule has 0 unspecified atom stereocenters. The minimum atomic E-state index is -0.360. The van der Waals surface area contributed by atoms with Crippen LogP contribution >= 0.6 is 12.4 Å². The molecule has 0 spiro atoms. The van der Waals surface area contributed by atoms with Gasteiger partial charge in [0, 0.05) is 0 Å². The summed E-state index contributed by atoms with van der Waals surface area (Å²) in [6, 6.07) is 9.74. The van der Waals surface area contributed by atoms with E-state index in [1.807, 2.05) is 6.07 Å². The third-order valence-electron chi connectivity index (χ3n) is 4.63. The summed E-state index contributed by atoms with van der Waals surface area (Å²) in [5.41, 5.74) is 1.20. The fourth-order valence-electron chi connectivity index (χ4n) is 2.73. The summed E-state index contributed by atoms with van der Waals surface area (Å²) in [4.78, 5) is 24.2. The summed E-state index contributed by atoms with van der Waals surface area (Å²) < 4.78 is 11.0. The van der Waals surface area contributed by atoms with E-state index in [-0.39, 0.29) is 47.7 Å². The van der Waals surface area contributed by atoms with Crippen LogP contribution in [-0.4, -0.2) is 25.0 Å². The molecule has 1 N–H and O–H groups in total. The first-order chi connectivity index (χ1) is 13.8. The van der Waals surface area contributed by atoms with Gasteiger partial charge in [0.25, 0.3) is 0 Å². The highest BCUT2D eigenvalue weighted by Gasteiger charge is 2.18. The minimum absolute atomic E-state index is 0. The van der Waals surface area contributed by atoms with Gasteiger partial charge in [0.15, 0.2) is 11.5 Å². The Morgan fingerprint density at radius 1 is 0.867 bits per heavy atom. The monoisotopic (exact) mass is 435 g/mol. The van der Waals surface area contributed by atoms with Crippen LogP contribution in [0.1, 0.15) is 53.0 Å². The van der Waals surface area contributed by atoms with Crippen molar-refractivity contribution in [2.24, 2.45) is 11.8 Å². The standard InChI is InChI=1S/C24H33NO4.ClH/c1-6-7-11-25-12-10-18-8-9-19-14-21(28-23(26)16(2)3)22(15-20(19)13-18)29-24(27)17(4)5;/h8-9,13-17,25H,6-7,10-12H2,1-5H3;1H. The maximum atomic E-state index is 12.1. The smallest absolute Gasteiger partial charge is 0.313 e. The lowest BCUT2D eigenvalue weighted by atomic mass is 10.0. The lowest BCUT2D eigenvalue weighted by Crippen LogP contribution is -2.18. The van der Waals surface area contributed by atoms with E-state index in [0.717, 1.165) is 30.3 Å². The number of halogens is 1. The van der Waals surface area contributed by atoms with Crippen molar-refractivity contribution in [2.45, 2.75) is 53.9 Å². The van der Waals surface area contributed by atoms with E-state index >= 15 is 0 Å². The Morgan fingerprint density at radius 2 is 1.43 bits per heavy atom. The highest BCUT2D eigenvalue weighted by atomic mass is 35.5. The number of esters is 2. The maximum Gasteiger partial charge on any atom is 0.313 e. The average molecular weight is 436 g/mol. The molecule has 5 nitrogen and oxygen atoms in total. The van der Waals surface area contributed by atoms with E-state index in [1.165, 1.54) is 18.4 Å². The zero-order chi connectivity index (χ0) is 21.4. The molecule has 0 aliphatic rings. The van der Waals surface area contributed by atoms with E-state index in [1.54, 1.807) is 39.8 Å². The molecule has 0 radical (unpaired) electrons. The Bertz CT molecular complexity index is 848. The van der Waals surface area contributed by atoms with Crippen LogP contribution in [-0.2, 0) is 16.0 Å². The average Bonchev–Trinajstić information content (AvgIpc) is 2.68. The van der Waals surface area contributed by atoms with Crippen LogP contribution < -0.4 is 14.8 Å². The first kappa shape index (κ1) is 25.9. The van der Waals surface area contributed by atoms with Gasteiger partial charge in [-0.3, -0.25) is 9.59 Å². The number of nitrogens with one attached hydrogen (secondary N) is 1. The van der Waals surface area contributed by atoms with Gasteiger partial charge in [-0.25, -0.2) is 0 Å². The van der Waals surface area contributed by atoms with E-state index in [4.69, 9.17) is 9.47 Å². The normalized spacial score (nSPS) is 10.9. The molecule has 0 amide bonds. The van der Waals surface area contributed by atoms with Crippen molar-refractivity contribution in [3.63, 3.8) is 0 Å². The number of benzene rings is 2. The number of carbonyl (C=O) groups excluding carboxylic acids is 2. The predicted octanol–water partition coefficient (Wildman–Crippen LogP) is 5.32. The van der Waals surface area contributed by atoms with Crippen molar-refractivity contribution in [1.82, 2.24) is 5.32 Å². The Hall–Kier alpha value is -2.11. The fraction of sp³-hybridized carbons (Fsp3) is 0.500. The van der Waals surface area contributed by atoms with Gasteiger partial charge >= 0.3 is 11.9 Å². The molecule has 0 saturated heterocycles. The van der Waals surface area contributed by atoms with Gasteiger partial charge in [-0.15, -0.1) is 12.4 Å². The van der Waals surface area contributed by atoms with Gasteiger partial charge in [-0.2, -0.15) is 0 Å². The predicted molar refractivity (Wildman–Crippen MR) is 124 cm³/mol. The SMILES string of the molecule is CCCCNCCc1ccc2cc(OC(=O)C(C)C)c(OC(=O)C(C)C)cc2c1.Cl.